The topological polar surface area (TPSA) is 46.1 Å². The lowest BCUT2D eigenvalue weighted by molar-refractivity contribution is 0.354. The fourth-order valence-electron chi connectivity index (χ4n) is 2.16. The largest absolute Gasteiger partial charge is 0.493 e. The SMILES string of the molecule is COc1ccc(CCNC2=NCCN2C)c(Cl)c1OC. The number of guanidine groups is 1. The second kappa shape index (κ2) is 6.70. The molecule has 0 saturated heterocycles. The van der Waals surface area contributed by atoms with Crippen LogP contribution in [-0.4, -0.2) is 51.8 Å². The maximum atomic E-state index is 6.34. The van der Waals surface area contributed by atoms with Gasteiger partial charge in [-0.2, -0.15) is 0 Å². The molecule has 1 aliphatic rings. The summed E-state index contributed by atoms with van der Waals surface area (Å²) in [5, 5.41) is 3.93. The van der Waals surface area contributed by atoms with Crippen molar-refractivity contribution in [2.24, 2.45) is 4.99 Å². The minimum absolute atomic E-state index is 0.585. The molecule has 0 amide bonds. The molecule has 0 aromatic heterocycles. The molecular formula is C14H20ClN3O2. The number of aliphatic imine (C=N–C) groups is 1. The number of rotatable bonds is 5. The molecule has 110 valence electrons. The second-order valence-corrected chi connectivity index (χ2v) is 4.96. The number of ether oxygens (including phenoxy) is 2. The van der Waals surface area contributed by atoms with E-state index in [0.717, 1.165) is 37.6 Å². The molecule has 1 aliphatic heterocycles. The first kappa shape index (κ1) is 14.8. The standard InChI is InChI=1S/C14H20ClN3O2/c1-18-9-8-17-14(18)16-7-6-10-4-5-11(19-2)13(20-3)12(10)15/h4-5H,6-9H2,1-3H3,(H,16,17). The molecule has 2 rings (SSSR count). The lowest BCUT2D eigenvalue weighted by Gasteiger charge is -2.16. The minimum atomic E-state index is 0.585. The van der Waals surface area contributed by atoms with Gasteiger partial charge in [0.15, 0.2) is 17.5 Å². The Balaban J connectivity index is 1.99. The first-order valence-corrected chi connectivity index (χ1v) is 6.94. The molecule has 0 spiro atoms. The van der Waals surface area contributed by atoms with Crippen LogP contribution in [0.1, 0.15) is 5.56 Å². The van der Waals surface area contributed by atoms with Gasteiger partial charge in [-0.3, -0.25) is 4.99 Å². The van der Waals surface area contributed by atoms with E-state index < -0.39 is 0 Å². The third-order valence-electron chi connectivity index (χ3n) is 3.30. The Kier molecular flexibility index (Phi) is 4.95. The summed E-state index contributed by atoms with van der Waals surface area (Å²) < 4.78 is 10.5. The predicted molar refractivity (Wildman–Crippen MR) is 81.2 cm³/mol. The van der Waals surface area contributed by atoms with Gasteiger partial charge < -0.3 is 19.7 Å². The highest BCUT2D eigenvalue weighted by atomic mass is 35.5. The molecule has 0 aliphatic carbocycles. The van der Waals surface area contributed by atoms with Crippen LogP contribution in [0.5, 0.6) is 11.5 Å². The van der Waals surface area contributed by atoms with Gasteiger partial charge in [-0.05, 0) is 18.1 Å². The average molecular weight is 298 g/mol. The van der Waals surface area contributed by atoms with Crippen LogP contribution in [0.15, 0.2) is 17.1 Å². The number of benzene rings is 1. The van der Waals surface area contributed by atoms with E-state index in [9.17, 15) is 0 Å². The van der Waals surface area contributed by atoms with E-state index in [1.54, 1.807) is 14.2 Å². The molecule has 5 nitrogen and oxygen atoms in total. The Labute approximate surface area is 124 Å². The first-order chi connectivity index (χ1) is 9.67. The van der Waals surface area contributed by atoms with Crippen LogP contribution in [0.2, 0.25) is 5.02 Å². The molecule has 1 aromatic rings. The third kappa shape index (κ3) is 3.10. The minimum Gasteiger partial charge on any atom is -0.493 e. The van der Waals surface area contributed by atoms with E-state index in [1.165, 1.54) is 0 Å². The van der Waals surface area contributed by atoms with Crippen LogP contribution in [0.25, 0.3) is 0 Å². The van der Waals surface area contributed by atoms with Gasteiger partial charge in [0.05, 0.1) is 25.8 Å². The summed E-state index contributed by atoms with van der Waals surface area (Å²) in [6.07, 6.45) is 0.798. The summed E-state index contributed by atoms with van der Waals surface area (Å²) in [6.45, 7) is 2.60. The summed E-state index contributed by atoms with van der Waals surface area (Å²) in [6, 6.07) is 3.84. The molecule has 0 radical (unpaired) electrons. The van der Waals surface area contributed by atoms with E-state index in [1.807, 2.05) is 19.2 Å². The lowest BCUT2D eigenvalue weighted by Crippen LogP contribution is -2.36. The van der Waals surface area contributed by atoms with Crippen molar-refractivity contribution in [3.05, 3.63) is 22.7 Å². The first-order valence-electron chi connectivity index (χ1n) is 6.56. The molecule has 0 saturated carbocycles. The Morgan fingerprint density at radius 2 is 2.15 bits per heavy atom. The number of nitrogens with zero attached hydrogens (tertiary/aromatic N) is 2. The van der Waals surface area contributed by atoms with Crippen molar-refractivity contribution in [2.75, 3.05) is 40.9 Å². The van der Waals surface area contributed by atoms with Gasteiger partial charge in [-0.1, -0.05) is 17.7 Å². The molecule has 1 N–H and O–H groups in total. The zero-order chi connectivity index (χ0) is 14.5. The molecule has 0 atom stereocenters. The van der Waals surface area contributed by atoms with Gasteiger partial charge in [0.2, 0.25) is 0 Å². The van der Waals surface area contributed by atoms with Crippen molar-refractivity contribution in [2.45, 2.75) is 6.42 Å². The molecule has 1 aromatic carbocycles. The molecule has 20 heavy (non-hydrogen) atoms. The number of methoxy groups -OCH3 is 2. The van der Waals surface area contributed by atoms with E-state index in [0.29, 0.717) is 16.5 Å². The molecule has 0 bridgehead atoms. The van der Waals surface area contributed by atoms with Crippen molar-refractivity contribution in [3.63, 3.8) is 0 Å². The van der Waals surface area contributed by atoms with Crippen molar-refractivity contribution in [3.8, 4) is 11.5 Å². The van der Waals surface area contributed by atoms with Gasteiger partial charge in [0, 0.05) is 20.1 Å². The maximum absolute atomic E-state index is 6.34. The van der Waals surface area contributed by atoms with Gasteiger partial charge in [-0.25, -0.2) is 0 Å². The number of hydrogen-bond acceptors (Lipinski definition) is 5. The van der Waals surface area contributed by atoms with Crippen LogP contribution in [0.4, 0.5) is 0 Å². The average Bonchev–Trinajstić information content (AvgIpc) is 2.86. The second-order valence-electron chi connectivity index (χ2n) is 4.58. The summed E-state index contributed by atoms with van der Waals surface area (Å²) in [5.41, 5.74) is 1.03. The summed E-state index contributed by atoms with van der Waals surface area (Å²) in [7, 11) is 5.22. The quantitative estimate of drug-likeness (QED) is 0.900. The summed E-state index contributed by atoms with van der Waals surface area (Å²) >= 11 is 6.34. The molecule has 1 heterocycles. The third-order valence-corrected chi connectivity index (χ3v) is 3.72. The van der Waals surface area contributed by atoms with Crippen LogP contribution in [0.3, 0.4) is 0 Å². The van der Waals surface area contributed by atoms with Crippen LogP contribution in [0, 0.1) is 0 Å². The number of likely N-dealkylation sites (N-methyl/N-ethyl adjacent to an activating group) is 1. The molecule has 0 fully saturated rings. The number of nitrogens with one attached hydrogen (secondary N) is 1. The van der Waals surface area contributed by atoms with Crippen LogP contribution < -0.4 is 14.8 Å². The van der Waals surface area contributed by atoms with E-state index >= 15 is 0 Å². The van der Waals surface area contributed by atoms with Gasteiger partial charge in [0.1, 0.15) is 0 Å². The van der Waals surface area contributed by atoms with Crippen molar-refractivity contribution >= 4 is 17.6 Å². The van der Waals surface area contributed by atoms with Gasteiger partial charge in [-0.15, -0.1) is 0 Å². The molecule has 6 heteroatoms. The zero-order valence-corrected chi connectivity index (χ0v) is 12.8. The fourth-order valence-corrected chi connectivity index (χ4v) is 2.48. The fraction of sp³-hybridized carbons (Fsp3) is 0.500. The number of hydrogen-bond donors (Lipinski definition) is 1. The van der Waals surface area contributed by atoms with Gasteiger partial charge in [0.25, 0.3) is 0 Å². The zero-order valence-electron chi connectivity index (χ0n) is 12.1. The van der Waals surface area contributed by atoms with Crippen molar-refractivity contribution in [1.29, 1.82) is 0 Å². The highest BCUT2D eigenvalue weighted by Crippen LogP contribution is 2.37. The summed E-state index contributed by atoms with van der Waals surface area (Å²) in [4.78, 5) is 6.49. The van der Waals surface area contributed by atoms with Crippen LogP contribution >= 0.6 is 11.6 Å². The highest BCUT2D eigenvalue weighted by molar-refractivity contribution is 6.33. The predicted octanol–water partition coefficient (Wildman–Crippen LogP) is 1.79. The highest BCUT2D eigenvalue weighted by Gasteiger charge is 2.14. The Bertz CT molecular complexity index is 505. The Morgan fingerprint density at radius 3 is 2.75 bits per heavy atom. The normalized spacial score (nSPS) is 14.2. The molecular weight excluding hydrogens is 278 g/mol. The lowest BCUT2D eigenvalue weighted by atomic mass is 10.1. The van der Waals surface area contributed by atoms with E-state index in [-0.39, 0.29) is 0 Å². The van der Waals surface area contributed by atoms with Crippen molar-refractivity contribution in [1.82, 2.24) is 10.2 Å². The number of halogens is 1. The van der Waals surface area contributed by atoms with Gasteiger partial charge >= 0.3 is 0 Å². The molecule has 0 unspecified atom stereocenters. The van der Waals surface area contributed by atoms with E-state index in [2.05, 4.69) is 15.2 Å². The Hall–Kier alpha value is -1.62. The monoisotopic (exact) mass is 297 g/mol. The van der Waals surface area contributed by atoms with Crippen molar-refractivity contribution < 1.29 is 9.47 Å². The smallest absolute Gasteiger partial charge is 0.193 e. The maximum Gasteiger partial charge on any atom is 0.193 e. The summed E-state index contributed by atoms with van der Waals surface area (Å²) in [5.74, 6) is 2.18. The Morgan fingerprint density at radius 1 is 1.35 bits per heavy atom. The van der Waals surface area contributed by atoms with E-state index in [4.69, 9.17) is 21.1 Å². The van der Waals surface area contributed by atoms with Crippen LogP contribution in [-0.2, 0) is 6.42 Å².